The standard InChI is InChI=1S/C6H3BrClF2N.C6H4BrF2N/c7-2-1-3(8)6(11)5(10)4(2)9;7-3-1-2-4(10)6(9)5(3)8/h1H,11H2;1-2H,10H2. The molecule has 9 heteroatoms. The molecule has 2 nitrogen and oxygen atoms in total. The van der Waals surface area contributed by atoms with E-state index >= 15 is 0 Å². The monoisotopic (exact) mass is 448 g/mol. The number of anilines is 2. The number of rotatable bonds is 0. The predicted octanol–water partition coefficient (Wildman–Crippen LogP) is 5.27. The van der Waals surface area contributed by atoms with E-state index in [1.165, 1.54) is 18.2 Å². The van der Waals surface area contributed by atoms with E-state index in [9.17, 15) is 17.6 Å². The zero-order chi connectivity index (χ0) is 16.3. The SMILES string of the molecule is Nc1c(Cl)cc(Br)c(F)c1F.Nc1ccc(Br)c(F)c1F. The Labute approximate surface area is 139 Å². The lowest BCUT2D eigenvalue weighted by Crippen LogP contribution is -1.96. The van der Waals surface area contributed by atoms with Crippen LogP contribution in [0.25, 0.3) is 0 Å². The van der Waals surface area contributed by atoms with E-state index in [0.717, 1.165) is 0 Å². The van der Waals surface area contributed by atoms with Crippen LogP contribution in [0.3, 0.4) is 0 Å². The van der Waals surface area contributed by atoms with Crippen molar-refractivity contribution < 1.29 is 17.6 Å². The van der Waals surface area contributed by atoms with Gasteiger partial charge < -0.3 is 11.5 Å². The molecule has 0 aliphatic heterocycles. The number of benzene rings is 2. The Kier molecular flexibility index (Phi) is 6.30. The molecule has 114 valence electrons. The highest BCUT2D eigenvalue weighted by Gasteiger charge is 2.13. The molecule has 0 heterocycles. The summed E-state index contributed by atoms with van der Waals surface area (Å²) >= 11 is 11.0. The van der Waals surface area contributed by atoms with Crippen LogP contribution in [0, 0.1) is 23.3 Å². The van der Waals surface area contributed by atoms with Crippen LogP contribution >= 0.6 is 43.5 Å². The largest absolute Gasteiger partial charge is 0.396 e. The van der Waals surface area contributed by atoms with Crippen LogP contribution < -0.4 is 11.5 Å². The predicted molar refractivity (Wildman–Crippen MR) is 82.0 cm³/mol. The zero-order valence-corrected chi connectivity index (χ0v) is 14.0. The van der Waals surface area contributed by atoms with Gasteiger partial charge in [-0.3, -0.25) is 0 Å². The molecule has 2 aromatic rings. The molecule has 4 N–H and O–H groups in total. The van der Waals surface area contributed by atoms with Crippen LogP contribution in [0.5, 0.6) is 0 Å². The molecule has 0 unspecified atom stereocenters. The van der Waals surface area contributed by atoms with E-state index < -0.39 is 23.3 Å². The summed E-state index contributed by atoms with van der Waals surface area (Å²) in [5.74, 6) is -4.09. The summed E-state index contributed by atoms with van der Waals surface area (Å²) in [6.45, 7) is 0. The first-order valence-electron chi connectivity index (χ1n) is 5.14. The quantitative estimate of drug-likeness (QED) is 0.249. The van der Waals surface area contributed by atoms with Crippen LogP contribution in [0.1, 0.15) is 0 Å². The van der Waals surface area contributed by atoms with Crippen molar-refractivity contribution in [2.45, 2.75) is 0 Å². The molecule has 0 fully saturated rings. The van der Waals surface area contributed by atoms with Crippen molar-refractivity contribution in [3.8, 4) is 0 Å². The van der Waals surface area contributed by atoms with Crippen molar-refractivity contribution in [2.75, 3.05) is 11.5 Å². The topological polar surface area (TPSA) is 52.0 Å². The minimum Gasteiger partial charge on any atom is -0.396 e. The van der Waals surface area contributed by atoms with Gasteiger partial charge in [-0.2, -0.15) is 0 Å². The lowest BCUT2D eigenvalue weighted by atomic mass is 10.3. The second-order valence-corrected chi connectivity index (χ2v) is 5.76. The molecule has 0 atom stereocenters. The Bertz CT molecular complexity index is 630. The molecule has 0 aliphatic rings. The maximum atomic E-state index is 12.6. The minimum atomic E-state index is -1.12. The molecule has 0 amide bonds. The van der Waals surface area contributed by atoms with Crippen LogP contribution in [0.2, 0.25) is 5.02 Å². The third kappa shape index (κ3) is 4.24. The number of hydrogen-bond acceptors (Lipinski definition) is 2. The third-order valence-electron chi connectivity index (χ3n) is 2.21. The Balaban J connectivity index is 0.000000211. The highest BCUT2D eigenvalue weighted by molar-refractivity contribution is 9.10. The summed E-state index contributed by atoms with van der Waals surface area (Å²) in [6, 6.07) is 3.85. The van der Waals surface area contributed by atoms with Gasteiger partial charge in [0.05, 0.1) is 25.3 Å². The summed E-state index contributed by atoms with van der Waals surface area (Å²) < 4.78 is 50.2. The first-order valence-corrected chi connectivity index (χ1v) is 7.10. The van der Waals surface area contributed by atoms with Gasteiger partial charge in [-0.25, -0.2) is 17.6 Å². The Morgan fingerprint density at radius 2 is 1.33 bits per heavy atom. The number of nitrogen functional groups attached to an aromatic ring is 2. The molecule has 0 bridgehead atoms. The molecule has 0 aromatic heterocycles. The van der Waals surface area contributed by atoms with Gasteiger partial charge in [0.2, 0.25) is 0 Å². The molecule has 0 radical (unpaired) electrons. The van der Waals surface area contributed by atoms with Crippen LogP contribution in [-0.2, 0) is 0 Å². The van der Waals surface area contributed by atoms with Crippen LogP contribution in [0.15, 0.2) is 27.1 Å². The van der Waals surface area contributed by atoms with Gasteiger partial charge in [0.1, 0.15) is 0 Å². The molecule has 21 heavy (non-hydrogen) atoms. The van der Waals surface area contributed by atoms with Gasteiger partial charge in [0.25, 0.3) is 0 Å². The van der Waals surface area contributed by atoms with Gasteiger partial charge in [-0.15, -0.1) is 0 Å². The number of nitrogens with two attached hydrogens (primary N) is 2. The first-order chi connectivity index (χ1) is 9.66. The van der Waals surface area contributed by atoms with Gasteiger partial charge in [0.15, 0.2) is 23.3 Å². The van der Waals surface area contributed by atoms with Crippen molar-refractivity contribution in [3.63, 3.8) is 0 Å². The Morgan fingerprint density at radius 3 is 1.86 bits per heavy atom. The summed E-state index contributed by atoms with van der Waals surface area (Å²) in [6.07, 6.45) is 0. The fraction of sp³-hybridized carbons (Fsp3) is 0. The summed E-state index contributed by atoms with van der Waals surface area (Å²) in [5.41, 5.74) is 9.59. The van der Waals surface area contributed by atoms with Crippen molar-refractivity contribution in [3.05, 3.63) is 55.4 Å². The molecular weight excluding hydrogens is 443 g/mol. The van der Waals surface area contributed by atoms with E-state index in [0.29, 0.717) is 0 Å². The number of halogens is 7. The van der Waals surface area contributed by atoms with E-state index in [2.05, 4.69) is 31.9 Å². The van der Waals surface area contributed by atoms with Crippen molar-refractivity contribution in [1.82, 2.24) is 0 Å². The minimum absolute atomic E-state index is 0.00391. The van der Waals surface area contributed by atoms with Crippen molar-refractivity contribution >= 4 is 54.8 Å². The average Bonchev–Trinajstić information content (AvgIpc) is 2.45. The highest BCUT2D eigenvalue weighted by atomic mass is 79.9. The zero-order valence-electron chi connectivity index (χ0n) is 10.0. The summed E-state index contributed by atoms with van der Waals surface area (Å²) in [7, 11) is 0. The van der Waals surface area contributed by atoms with Gasteiger partial charge >= 0.3 is 0 Å². The third-order valence-corrected chi connectivity index (χ3v) is 3.72. The van der Waals surface area contributed by atoms with Gasteiger partial charge in [-0.05, 0) is 50.1 Å². The second-order valence-electron chi connectivity index (χ2n) is 3.65. The Morgan fingerprint density at radius 1 is 0.810 bits per heavy atom. The van der Waals surface area contributed by atoms with E-state index in [1.807, 2.05) is 0 Å². The molecule has 0 aliphatic carbocycles. The Hall–Kier alpha value is -0.990. The fourth-order valence-electron chi connectivity index (χ4n) is 1.12. The molecule has 2 rings (SSSR count). The second kappa shape index (κ2) is 7.33. The average molecular weight is 450 g/mol. The van der Waals surface area contributed by atoms with E-state index in [4.69, 9.17) is 23.1 Å². The normalized spacial score (nSPS) is 10.0. The van der Waals surface area contributed by atoms with Crippen molar-refractivity contribution in [2.24, 2.45) is 0 Å². The van der Waals surface area contributed by atoms with Crippen molar-refractivity contribution in [1.29, 1.82) is 0 Å². The van der Waals surface area contributed by atoms with E-state index in [-0.39, 0.29) is 25.3 Å². The molecule has 0 saturated heterocycles. The van der Waals surface area contributed by atoms with Gasteiger partial charge in [-0.1, -0.05) is 11.6 Å². The highest BCUT2D eigenvalue weighted by Crippen LogP contribution is 2.29. The molecular formula is C12H7Br2ClF4N2. The summed E-state index contributed by atoms with van der Waals surface area (Å²) in [5, 5.41) is -0.00391. The fourth-order valence-corrected chi connectivity index (χ4v) is 2.15. The van der Waals surface area contributed by atoms with E-state index in [1.54, 1.807) is 0 Å². The smallest absolute Gasteiger partial charge is 0.184 e. The molecule has 0 spiro atoms. The lowest BCUT2D eigenvalue weighted by molar-refractivity contribution is 0.507. The van der Waals surface area contributed by atoms with Gasteiger partial charge in [0, 0.05) is 0 Å². The summed E-state index contributed by atoms with van der Waals surface area (Å²) in [4.78, 5) is 0. The first kappa shape index (κ1) is 18.1. The van der Waals surface area contributed by atoms with Crippen LogP contribution in [0.4, 0.5) is 28.9 Å². The molecule has 0 saturated carbocycles. The lowest BCUT2D eigenvalue weighted by Gasteiger charge is -2.01. The number of hydrogen-bond donors (Lipinski definition) is 2. The maximum absolute atomic E-state index is 12.6. The molecule has 2 aromatic carbocycles. The van der Waals surface area contributed by atoms with Crippen LogP contribution in [-0.4, -0.2) is 0 Å². The maximum Gasteiger partial charge on any atom is 0.184 e.